The highest BCUT2D eigenvalue weighted by Gasteiger charge is 2.37. The van der Waals surface area contributed by atoms with Gasteiger partial charge in [0.05, 0.1) is 6.04 Å². The molecule has 0 radical (unpaired) electrons. The Bertz CT molecular complexity index is 745. The van der Waals surface area contributed by atoms with E-state index in [0.717, 1.165) is 10.9 Å². The SMILES string of the molecule is CC(C)c1ccc([C@@H]2Nc3ccc(Br)cc3[C@@H]3C=CC[C@@H]32)cc1. The minimum Gasteiger partial charge on any atom is -0.378 e. The van der Waals surface area contributed by atoms with E-state index in [-0.39, 0.29) is 0 Å². The monoisotopic (exact) mass is 367 g/mol. The van der Waals surface area contributed by atoms with Crippen molar-refractivity contribution in [1.82, 2.24) is 0 Å². The van der Waals surface area contributed by atoms with Crippen molar-refractivity contribution in [2.75, 3.05) is 5.32 Å². The summed E-state index contributed by atoms with van der Waals surface area (Å²) in [4.78, 5) is 0. The number of nitrogens with one attached hydrogen (secondary N) is 1. The van der Waals surface area contributed by atoms with Crippen LogP contribution in [0.1, 0.15) is 54.8 Å². The number of hydrogen-bond donors (Lipinski definition) is 1. The van der Waals surface area contributed by atoms with Gasteiger partial charge < -0.3 is 5.32 Å². The number of hydrogen-bond acceptors (Lipinski definition) is 1. The zero-order valence-corrected chi connectivity index (χ0v) is 15.2. The number of halogens is 1. The molecule has 2 aliphatic rings. The smallest absolute Gasteiger partial charge is 0.0553 e. The van der Waals surface area contributed by atoms with Crippen LogP contribution >= 0.6 is 15.9 Å². The van der Waals surface area contributed by atoms with E-state index in [2.05, 4.69) is 89.7 Å². The van der Waals surface area contributed by atoms with Crippen molar-refractivity contribution in [2.24, 2.45) is 5.92 Å². The first kappa shape index (κ1) is 15.0. The Hall–Kier alpha value is -1.54. The normalized spacial score (nSPS) is 25.1. The lowest BCUT2D eigenvalue weighted by Gasteiger charge is -2.37. The lowest BCUT2D eigenvalue weighted by molar-refractivity contribution is 0.425. The highest BCUT2D eigenvalue weighted by Crippen LogP contribution is 2.50. The summed E-state index contributed by atoms with van der Waals surface area (Å²) >= 11 is 3.62. The molecular formula is C21H22BrN. The minimum absolute atomic E-state index is 0.393. The average Bonchev–Trinajstić information content (AvgIpc) is 3.04. The van der Waals surface area contributed by atoms with Crippen LogP contribution in [0.2, 0.25) is 0 Å². The molecule has 1 aliphatic heterocycles. The molecule has 4 rings (SSSR count). The second-order valence-corrected chi connectivity index (χ2v) is 7.94. The van der Waals surface area contributed by atoms with Gasteiger partial charge in [-0.1, -0.05) is 66.2 Å². The van der Waals surface area contributed by atoms with Crippen molar-refractivity contribution in [3.8, 4) is 0 Å². The van der Waals surface area contributed by atoms with Crippen molar-refractivity contribution < 1.29 is 0 Å². The summed E-state index contributed by atoms with van der Waals surface area (Å²) in [5.41, 5.74) is 5.52. The molecule has 0 fully saturated rings. The van der Waals surface area contributed by atoms with E-state index in [1.807, 2.05) is 0 Å². The van der Waals surface area contributed by atoms with Crippen LogP contribution in [0.5, 0.6) is 0 Å². The van der Waals surface area contributed by atoms with Gasteiger partial charge in [0.1, 0.15) is 0 Å². The highest BCUT2D eigenvalue weighted by atomic mass is 79.9. The Morgan fingerprint density at radius 2 is 1.87 bits per heavy atom. The Morgan fingerprint density at radius 3 is 2.61 bits per heavy atom. The van der Waals surface area contributed by atoms with Crippen LogP contribution in [0.4, 0.5) is 5.69 Å². The molecule has 1 N–H and O–H groups in total. The van der Waals surface area contributed by atoms with Crippen molar-refractivity contribution >= 4 is 21.6 Å². The highest BCUT2D eigenvalue weighted by molar-refractivity contribution is 9.10. The number of benzene rings is 2. The summed E-state index contributed by atoms with van der Waals surface area (Å²) in [6.07, 6.45) is 5.90. The number of anilines is 1. The van der Waals surface area contributed by atoms with E-state index in [9.17, 15) is 0 Å². The van der Waals surface area contributed by atoms with E-state index in [1.165, 1.54) is 22.4 Å². The molecule has 3 atom stereocenters. The molecule has 23 heavy (non-hydrogen) atoms. The van der Waals surface area contributed by atoms with Crippen molar-refractivity contribution in [1.29, 1.82) is 0 Å². The maximum absolute atomic E-state index is 3.80. The lowest BCUT2D eigenvalue weighted by atomic mass is 9.77. The summed E-state index contributed by atoms with van der Waals surface area (Å²) in [6.45, 7) is 4.50. The molecule has 1 heterocycles. The number of rotatable bonds is 2. The first-order chi connectivity index (χ1) is 11.1. The van der Waals surface area contributed by atoms with E-state index >= 15 is 0 Å². The van der Waals surface area contributed by atoms with Gasteiger partial charge in [-0.2, -0.15) is 0 Å². The first-order valence-corrected chi connectivity index (χ1v) is 9.25. The summed E-state index contributed by atoms with van der Waals surface area (Å²) in [7, 11) is 0. The summed E-state index contributed by atoms with van der Waals surface area (Å²) < 4.78 is 1.16. The molecule has 0 bridgehead atoms. The lowest BCUT2D eigenvalue weighted by Crippen LogP contribution is -2.29. The van der Waals surface area contributed by atoms with Gasteiger partial charge in [0.25, 0.3) is 0 Å². The molecule has 0 saturated carbocycles. The van der Waals surface area contributed by atoms with E-state index in [0.29, 0.717) is 23.8 Å². The van der Waals surface area contributed by atoms with Gasteiger partial charge >= 0.3 is 0 Å². The molecule has 2 aromatic rings. The Morgan fingerprint density at radius 1 is 1.09 bits per heavy atom. The Balaban J connectivity index is 1.71. The topological polar surface area (TPSA) is 12.0 Å². The molecular weight excluding hydrogens is 346 g/mol. The standard InChI is InChI=1S/C21H22BrN/c1-13(2)14-6-8-15(9-7-14)21-18-5-3-4-17(18)19-12-16(22)10-11-20(19)23-21/h3-4,6-13,17-18,21,23H,5H2,1-2H3/t17-,18+,21+/m1/s1. The zero-order valence-electron chi connectivity index (χ0n) is 13.6. The van der Waals surface area contributed by atoms with Gasteiger partial charge in [-0.15, -0.1) is 0 Å². The van der Waals surface area contributed by atoms with Crippen LogP contribution < -0.4 is 5.32 Å². The fourth-order valence-corrected chi connectivity index (χ4v) is 4.36. The number of allylic oxidation sites excluding steroid dienone is 2. The summed E-state index contributed by atoms with van der Waals surface area (Å²) in [5, 5.41) is 3.80. The third-order valence-corrected chi connectivity index (χ3v) is 5.78. The molecule has 1 aliphatic carbocycles. The predicted octanol–water partition coefficient (Wildman–Crippen LogP) is 6.40. The largest absolute Gasteiger partial charge is 0.378 e. The van der Waals surface area contributed by atoms with Crippen LogP contribution in [-0.2, 0) is 0 Å². The third kappa shape index (κ3) is 2.63. The predicted molar refractivity (Wildman–Crippen MR) is 101 cm³/mol. The maximum atomic E-state index is 3.80. The Labute approximate surface area is 146 Å². The van der Waals surface area contributed by atoms with Crippen molar-refractivity contribution in [2.45, 2.75) is 38.1 Å². The van der Waals surface area contributed by atoms with Gasteiger partial charge in [-0.3, -0.25) is 0 Å². The fraction of sp³-hybridized carbons (Fsp3) is 0.333. The van der Waals surface area contributed by atoms with E-state index in [1.54, 1.807) is 0 Å². The Kier molecular flexibility index (Phi) is 3.81. The molecule has 2 aromatic carbocycles. The van der Waals surface area contributed by atoms with E-state index < -0.39 is 0 Å². The van der Waals surface area contributed by atoms with Gasteiger partial charge in [-0.25, -0.2) is 0 Å². The van der Waals surface area contributed by atoms with Crippen LogP contribution in [0.15, 0.2) is 59.1 Å². The average molecular weight is 368 g/mol. The molecule has 0 saturated heterocycles. The van der Waals surface area contributed by atoms with Crippen LogP contribution in [-0.4, -0.2) is 0 Å². The molecule has 0 spiro atoms. The first-order valence-electron chi connectivity index (χ1n) is 8.46. The van der Waals surface area contributed by atoms with Crippen LogP contribution in [0.25, 0.3) is 0 Å². The van der Waals surface area contributed by atoms with E-state index in [4.69, 9.17) is 0 Å². The van der Waals surface area contributed by atoms with Gasteiger partial charge in [0, 0.05) is 16.1 Å². The third-order valence-electron chi connectivity index (χ3n) is 5.29. The van der Waals surface area contributed by atoms with Gasteiger partial charge in [0.2, 0.25) is 0 Å². The molecule has 0 amide bonds. The van der Waals surface area contributed by atoms with Crippen molar-refractivity contribution in [3.63, 3.8) is 0 Å². The summed E-state index contributed by atoms with van der Waals surface area (Å²) in [6, 6.07) is 16.2. The zero-order chi connectivity index (χ0) is 16.0. The van der Waals surface area contributed by atoms with Crippen molar-refractivity contribution in [3.05, 3.63) is 75.8 Å². The van der Waals surface area contributed by atoms with Gasteiger partial charge in [0.15, 0.2) is 0 Å². The molecule has 0 aromatic heterocycles. The van der Waals surface area contributed by atoms with Crippen LogP contribution in [0, 0.1) is 5.92 Å². The molecule has 2 heteroatoms. The summed E-state index contributed by atoms with van der Waals surface area (Å²) in [5.74, 6) is 1.72. The second kappa shape index (κ2) is 5.83. The minimum atomic E-state index is 0.393. The van der Waals surface area contributed by atoms with Gasteiger partial charge in [-0.05, 0) is 53.1 Å². The number of fused-ring (bicyclic) bond motifs is 3. The molecule has 118 valence electrons. The maximum Gasteiger partial charge on any atom is 0.0553 e. The molecule has 0 unspecified atom stereocenters. The van der Waals surface area contributed by atoms with Crippen LogP contribution in [0.3, 0.4) is 0 Å². The fourth-order valence-electron chi connectivity index (χ4n) is 3.98. The second-order valence-electron chi connectivity index (χ2n) is 7.03. The molecule has 1 nitrogen and oxygen atoms in total. The quantitative estimate of drug-likeness (QED) is 0.605.